The SMILES string of the molecule is CCCNc1nc(Cl)nc(NC(CO)CO)n1. The highest BCUT2D eigenvalue weighted by molar-refractivity contribution is 6.28. The van der Waals surface area contributed by atoms with Gasteiger partial charge in [-0.1, -0.05) is 6.92 Å². The number of aliphatic hydroxyl groups is 2. The summed E-state index contributed by atoms with van der Waals surface area (Å²) in [5.74, 6) is 0.584. The maximum absolute atomic E-state index is 8.93. The molecule has 1 heterocycles. The Hall–Kier alpha value is -1.18. The highest BCUT2D eigenvalue weighted by Gasteiger charge is 2.09. The quantitative estimate of drug-likeness (QED) is 0.552. The zero-order valence-electron chi connectivity index (χ0n) is 9.52. The molecule has 0 aromatic carbocycles. The number of anilines is 2. The van der Waals surface area contributed by atoms with Gasteiger partial charge in [0.2, 0.25) is 17.2 Å². The molecule has 0 atom stereocenters. The summed E-state index contributed by atoms with van der Waals surface area (Å²) in [4.78, 5) is 11.8. The minimum atomic E-state index is -0.521. The zero-order chi connectivity index (χ0) is 12.7. The Balaban J connectivity index is 2.74. The fraction of sp³-hybridized carbons (Fsp3) is 0.667. The van der Waals surface area contributed by atoms with Gasteiger partial charge in [0.15, 0.2) is 0 Å². The van der Waals surface area contributed by atoms with Crippen LogP contribution in [0.3, 0.4) is 0 Å². The Labute approximate surface area is 104 Å². The second-order valence-electron chi connectivity index (χ2n) is 3.38. The van der Waals surface area contributed by atoms with Crippen LogP contribution in [0.15, 0.2) is 0 Å². The lowest BCUT2D eigenvalue weighted by Crippen LogP contribution is -2.29. The van der Waals surface area contributed by atoms with Crippen molar-refractivity contribution < 1.29 is 10.2 Å². The first kappa shape index (κ1) is 13.9. The molecule has 0 unspecified atom stereocenters. The summed E-state index contributed by atoms with van der Waals surface area (Å²) in [5.41, 5.74) is 0. The van der Waals surface area contributed by atoms with Crippen LogP contribution in [0.2, 0.25) is 5.28 Å². The maximum Gasteiger partial charge on any atom is 0.229 e. The number of nitrogens with zero attached hydrogens (tertiary/aromatic N) is 3. The molecule has 0 aliphatic rings. The Morgan fingerprint density at radius 1 is 1.18 bits per heavy atom. The Bertz CT molecular complexity index is 348. The summed E-state index contributed by atoms with van der Waals surface area (Å²) < 4.78 is 0. The van der Waals surface area contributed by atoms with Crippen molar-refractivity contribution in [1.29, 1.82) is 0 Å². The topological polar surface area (TPSA) is 103 Å². The van der Waals surface area contributed by atoms with Gasteiger partial charge in [-0.15, -0.1) is 0 Å². The largest absolute Gasteiger partial charge is 0.394 e. The third-order valence-corrected chi connectivity index (χ3v) is 2.08. The van der Waals surface area contributed by atoms with E-state index in [1.54, 1.807) is 0 Å². The van der Waals surface area contributed by atoms with Crippen molar-refractivity contribution in [2.24, 2.45) is 0 Å². The summed E-state index contributed by atoms with van der Waals surface area (Å²) in [6.45, 7) is 2.29. The monoisotopic (exact) mass is 261 g/mol. The van der Waals surface area contributed by atoms with Crippen molar-refractivity contribution in [3.63, 3.8) is 0 Å². The summed E-state index contributed by atoms with van der Waals surface area (Å²) in [6.07, 6.45) is 0.933. The van der Waals surface area contributed by atoms with E-state index in [2.05, 4.69) is 25.6 Å². The van der Waals surface area contributed by atoms with Crippen molar-refractivity contribution in [3.05, 3.63) is 5.28 Å². The normalized spacial score (nSPS) is 10.6. The molecule has 96 valence electrons. The molecule has 0 spiro atoms. The predicted octanol–water partition coefficient (Wildman–Crippen LogP) is 0.112. The van der Waals surface area contributed by atoms with Crippen LogP contribution in [0.25, 0.3) is 0 Å². The Kier molecular flexibility index (Phi) is 5.88. The average molecular weight is 262 g/mol. The van der Waals surface area contributed by atoms with Crippen LogP contribution < -0.4 is 10.6 Å². The molecule has 0 bridgehead atoms. The first-order valence-corrected chi connectivity index (χ1v) is 5.71. The Morgan fingerprint density at radius 3 is 2.41 bits per heavy atom. The third kappa shape index (κ3) is 4.68. The van der Waals surface area contributed by atoms with Gasteiger partial charge in [0.1, 0.15) is 0 Å². The van der Waals surface area contributed by atoms with Crippen molar-refractivity contribution in [2.45, 2.75) is 19.4 Å². The van der Waals surface area contributed by atoms with E-state index in [-0.39, 0.29) is 24.4 Å². The second-order valence-corrected chi connectivity index (χ2v) is 3.72. The molecule has 1 aromatic rings. The van der Waals surface area contributed by atoms with Gasteiger partial charge in [-0.2, -0.15) is 15.0 Å². The van der Waals surface area contributed by atoms with Crippen molar-refractivity contribution in [3.8, 4) is 0 Å². The molecule has 0 aliphatic heterocycles. The van der Waals surface area contributed by atoms with E-state index in [9.17, 15) is 0 Å². The molecule has 0 aliphatic carbocycles. The van der Waals surface area contributed by atoms with E-state index in [1.165, 1.54) is 0 Å². The molecule has 0 fully saturated rings. The number of hydrogen-bond donors (Lipinski definition) is 4. The van der Waals surface area contributed by atoms with Crippen molar-refractivity contribution in [1.82, 2.24) is 15.0 Å². The van der Waals surface area contributed by atoms with Crippen LogP contribution in [0.5, 0.6) is 0 Å². The number of rotatable bonds is 7. The number of halogens is 1. The second kappa shape index (κ2) is 7.21. The lowest BCUT2D eigenvalue weighted by atomic mass is 10.3. The molecule has 0 radical (unpaired) electrons. The number of aliphatic hydroxyl groups excluding tert-OH is 2. The van der Waals surface area contributed by atoms with E-state index in [1.807, 2.05) is 6.92 Å². The smallest absolute Gasteiger partial charge is 0.229 e. The van der Waals surface area contributed by atoms with E-state index < -0.39 is 6.04 Å². The van der Waals surface area contributed by atoms with Gasteiger partial charge in [-0.05, 0) is 18.0 Å². The summed E-state index contributed by atoms with van der Waals surface area (Å²) in [6, 6.07) is -0.521. The predicted molar refractivity (Wildman–Crippen MR) is 65.2 cm³/mol. The summed E-state index contributed by atoms with van der Waals surface area (Å²) in [7, 11) is 0. The van der Waals surface area contributed by atoms with Crippen LogP contribution in [-0.2, 0) is 0 Å². The lowest BCUT2D eigenvalue weighted by molar-refractivity contribution is 0.203. The van der Waals surface area contributed by atoms with Crippen molar-refractivity contribution >= 4 is 23.5 Å². The minimum Gasteiger partial charge on any atom is -0.394 e. The van der Waals surface area contributed by atoms with Gasteiger partial charge in [-0.25, -0.2) is 0 Å². The molecular formula is C9H16ClN5O2. The number of nitrogens with one attached hydrogen (secondary N) is 2. The maximum atomic E-state index is 8.93. The Morgan fingerprint density at radius 2 is 1.82 bits per heavy atom. The average Bonchev–Trinajstić information content (AvgIpc) is 2.32. The lowest BCUT2D eigenvalue weighted by Gasteiger charge is -2.13. The van der Waals surface area contributed by atoms with Gasteiger partial charge in [0, 0.05) is 6.54 Å². The van der Waals surface area contributed by atoms with Crippen LogP contribution in [0.1, 0.15) is 13.3 Å². The highest BCUT2D eigenvalue weighted by atomic mass is 35.5. The van der Waals surface area contributed by atoms with E-state index in [0.717, 1.165) is 13.0 Å². The fourth-order valence-electron chi connectivity index (χ4n) is 1.06. The molecule has 0 saturated carbocycles. The van der Waals surface area contributed by atoms with E-state index in [4.69, 9.17) is 21.8 Å². The zero-order valence-corrected chi connectivity index (χ0v) is 10.3. The third-order valence-electron chi connectivity index (χ3n) is 1.92. The number of hydrogen-bond acceptors (Lipinski definition) is 7. The molecule has 17 heavy (non-hydrogen) atoms. The first-order chi connectivity index (χ1) is 8.19. The first-order valence-electron chi connectivity index (χ1n) is 5.33. The van der Waals surface area contributed by atoms with Gasteiger partial charge >= 0.3 is 0 Å². The molecular weight excluding hydrogens is 246 g/mol. The van der Waals surface area contributed by atoms with Gasteiger partial charge in [-0.3, -0.25) is 0 Å². The van der Waals surface area contributed by atoms with E-state index >= 15 is 0 Å². The summed E-state index contributed by atoms with van der Waals surface area (Å²) >= 11 is 5.73. The molecule has 4 N–H and O–H groups in total. The molecule has 0 saturated heterocycles. The molecule has 0 amide bonds. The summed E-state index contributed by atoms with van der Waals surface area (Å²) in [5, 5.41) is 23.6. The van der Waals surface area contributed by atoms with Crippen LogP contribution in [0.4, 0.5) is 11.9 Å². The standard InChI is InChI=1S/C9H16ClN5O2/c1-2-3-11-8-13-7(10)14-9(15-8)12-6(4-16)5-17/h6,16-17H,2-5H2,1H3,(H2,11,12,13,14,15). The van der Waals surface area contributed by atoms with E-state index in [0.29, 0.717) is 5.95 Å². The van der Waals surface area contributed by atoms with Crippen LogP contribution in [-0.4, -0.2) is 51.0 Å². The fourth-order valence-corrected chi connectivity index (χ4v) is 1.22. The van der Waals surface area contributed by atoms with Gasteiger partial charge < -0.3 is 20.8 Å². The number of aromatic nitrogens is 3. The molecule has 1 aromatic heterocycles. The van der Waals surface area contributed by atoms with Crippen LogP contribution >= 0.6 is 11.6 Å². The van der Waals surface area contributed by atoms with Gasteiger partial charge in [0.05, 0.1) is 19.3 Å². The van der Waals surface area contributed by atoms with Gasteiger partial charge in [0.25, 0.3) is 0 Å². The molecule has 1 rings (SSSR count). The van der Waals surface area contributed by atoms with Crippen molar-refractivity contribution in [2.75, 3.05) is 30.4 Å². The highest BCUT2D eigenvalue weighted by Crippen LogP contribution is 2.10. The molecule has 8 heteroatoms. The van der Waals surface area contributed by atoms with Crippen LogP contribution in [0, 0.1) is 0 Å². The minimum absolute atomic E-state index is 0.0516. The molecule has 7 nitrogen and oxygen atoms in total.